The van der Waals surface area contributed by atoms with Gasteiger partial charge in [0, 0.05) is 26.2 Å². The molecule has 0 unspecified atom stereocenters. The first kappa shape index (κ1) is 18.3. The summed E-state index contributed by atoms with van der Waals surface area (Å²) in [6.07, 6.45) is 1.54. The highest BCUT2D eigenvalue weighted by molar-refractivity contribution is 5.96. The fourth-order valence-corrected chi connectivity index (χ4v) is 3.03. The molecule has 1 aliphatic heterocycles. The second kappa shape index (κ2) is 8.20. The van der Waals surface area contributed by atoms with E-state index in [1.165, 1.54) is 0 Å². The molecule has 24 heavy (non-hydrogen) atoms. The van der Waals surface area contributed by atoms with Gasteiger partial charge in [-0.1, -0.05) is 13.3 Å². The van der Waals surface area contributed by atoms with Crippen LogP contribution >= 0.6 is 0 Å². The molecule has 0 bridgehead atoms. The van der Waals surface area contributed by atoms with Crippen molar-refractivity contribution in [2.75, 3.05) is 26.2 Å². The van der Waals surface area contributed by atoms with E-state index in [2.05, 4.69) is 20.4 Å². The number of amides is 1. The van der Waals surface area contributed by atoms with E-state index in [0.717, 1.165) is 19.5 Å². The Labute approximate surface area is 140 Å². The van der Waals surface area contributed by atoms with E-state index >= 15 is 0 Å². The highest BCUT2D eigenvalue weighted by atomic mass is 16.6. The van der Waals surface area contributed by atoms with Gasteiger partial charge in [-0.05, 0) is 20.3 Å². The third-order valence-electron chi connectivity index (χ3n) is 3.92. The summed E-state index contributed by atoms with van der Waals surface area (Å²) in [5.74, 6) is -0.519. The molecule has 2 N–H and O–H groups in total. The van der Waals surface area contributed by atoms with Crippen molar-refractivity contribution in [2.45, 2.75) is 45.8 Å². The minimum Gasteiger partial charge on any atom is -0.373 e. The standard InChI is InChI=1S/C15H25N5O4/c1-4-5-12-14(20(22)23)13(18-17-12)15(21)16-6-7-19-8-10(2)24-11(3)9-19/h10-11H,4-9H2,1-3H3,(H,16,21)(H,17,18)/t10-,11-/m1/s1. The van der Waals surface area contributed by atoms with Gasteiger partial charge in [0.1, 0.15) is 5.69 Å². The molecule has 1 fully saturated rings. The van der Waals surface area contributed by atoms with Crippen molar-refractivity contribution in [3.8, 4) is 0 Å². The molecule has 2 rings (SSSR count). The third kappa shape index (κ3) is 4.51. The Bertz CT molecular complexity index is 578. The molecule has 1 aromatic heterocycles. The van der Waals surface area contributed by atoms with Crippen molar-refractivity contribution in [3.05, 3.63) is 21.5 Å². The van der Waals surface area contributed by atoms with Crippen molar-refractivity contribution in [3.63, 3.8) is 0 Å². The summed E-state index contributed by atoms with van der Waals surface area (Å²) in [6, 6.07) is 0. The first-order valence-electron chi connectivity index (χ1n) is 8.30. The Hall–Kier alpha value is -2.00. The Morgan fingerprint density at radius 3 is 2.71 bits per heavy atom. The molecule has 1 aromatic rings. The van der Waals surface area contributed by atoms with E-state index in [0.29, 0.717) is 25.2 Å². The van der Waals surface area contributed by atoms with Crippen LogP contribution in [-0.4, -0.2) is 64.3 Å². The van der Waals surface area contributed by atoms with Gasteiger partial charge < -0.3 is 10.1 Å². The summed E-state index contributed by atoms with van der Waals surface area (Å²) in [5.41, 5.74) is 0.0265. The van der Waals surface area contributed by atoms with Crippen LogP contribution in [0.3, 0.4) is 0 Å². The molecule has 1 aliphatic rings. The highest BCUT2D eigenvalue weighted by Gasteiger charge is 2.28. The van der Waals surface area contributed by atoms with Gasteiger partial charge in [0.15, 0.2) is 0 Å². The maximum atomic E-state index is 12.2. The number of hydrogen-bond acceptors (Lipinski definition) is 6. The second-order valence-corrected chi connectivity index (χ2v) is 6.18. The van der Waals surface area contributed by atoms with Crippen LogP contribution in [0.1, 0.15) is 43.4 Å². The van der Waals surface area contributed by atoms with Gasteiger partial charge in [-0.3, -0.25) is 24.9 Å². The Kier molecular flexibility index (Phi) is 6.27. The van der Waals surface area contributed by atoms with E-state index in [1.807, 2.05) is 20.8 Å². The van der Waals surface area contributed by atoms with E-state index in [4.69, 9.17) is 4.74 Å². The van der Waals surface area contributed by atoms with Gasteiger partial charge in [0.05, 0.1) is 17.1 Å². The Balaban J connectivity index is 1.92. The number of nitrogens with one attached hydrogen (secondary N) is 2. The number of aryl methyl sites for hydroxylation is 1. The molecule has 9 heteroatoms. The minimum atomic E-state index is -0.547. The lowest BCUT2D eigenvalue weighted by molar-refractivity contribution is -0.385. The van der Waals surface area contributed by atoms with Gasteiger partial charge in [-0.15, -0.1) is 0 Å². The van der Waals surface area contributed by atoms with E-state index in [-0.39, 0.29) is 23.6 Å². The lowest BCUT2D eigenvalue weighted by Crippen LogP contribution is -2.47. The van der Waals surface area contributed by atoms with E-state index in [1.54, 1.807) is 0 Å². The van der Waals surface area contributed by atoms with Crippen molar-refractivity contribution in [2.24, 2.45) is 0 Å². The zero-order chi connectivity index (χ0) is 17.7. The molecular weight excluding hydrogens is 314 g/mol. The summed E-state index contributed by atoms with van der Waals surface area (Å²) in [5, 5.41) is 20.4. The molecule has 2 heterocycles. The lowest BCUT2D eigenvalue weighted by Gasteiger charge is -2.35. The molecule has 2 atom stereocenters. The lowest BCUT2D eigenvalue weighted by atomic mass is 10.2. The number of ether oxygens (including phenoxy) is 1. The van der Waals surface area contributed by atoms with Gasteiger partial charge in [0.2, 0.25) is 5.69 Å². The SMILES string of the molecule is CCCc1[nH]nc(C(=O)NCCN2C[C@@H](C)O[C@H](C)C2)c1[N+](=O)[O-]. The first-order chi connectivity index (χ1) is 11.4. The summed E-state index contributed by atoms with van der Waals surface area (Å²) in [4.78, 5) is 25.1. The molecule has 0 aliphatic carbocycles. The predicted octanol–water partition coefficient (Wildman–Crippen LogP) is 1.11. The van der Waals surface area contributed by atoms with Gasteiger partial charge in [-0.25, -0.2) is 0 Å². The van der Waals surface area contributed by atoms with Crippen LogP contribution in [0.2, 0.25) is 0 Å². The fourth-order valence-electron chi connectivity index (χ4n) is 3.03. The molecule has 0 spiro atoms. The van der Waals surface area contributed by atoms with Crippen molar-refractivity contribution in [1.82, 2.24) is 20.4 Å². The molecule has 0 radical (unpaired) electrons. The Morgan fingerprint density at radius 1 is 1.46 bits per heavy atom. The highest BCUT2D eigenvalue weighted by Crippen LogP contribution is 2.22. The predicted molar refractivity (Wildman–Crippen MR) is 88.0 cm³/mol. The average molecular weight is 339 g/mol. The summed E-state index contributed by atoms with van der Waals surface area (Å²) in [7, 11) is 0. The number of nitrogens with zero attached hydrogens (tertiary/aromatic N) is 3. The normalized spacial score (nSPS) is 21.6. The number of morpholine rings is 1. The second-order valence-electron chi connectivity index (χ2n) is 6.18. The van der Waals surface area contributed by atoms with Crippen molar-refractivity contribution >= 4 is 11.6 Å². The molecule has 1 saturated heterocycles. The first-order valence-corrected chi connectivity index (χ1v) is 8.30. The van der Waals surface area contributed by atoms with Crippen LogP contribution in [0.25, 0.3) is 0 Å². The number of carbonyl (C=O) groups excluding carboxylic acids is 1. The maximum absolute atomic E-state index is 12.2. The fraction of sp³-hybridized carbons (Fsp3) is 0.733. The number of aromatic amines is 1. The maximum Gasteiger partial charge on any atom is 0.322 e. The van der Waals surface area contributed by atoms with Crippen LogP contribution < -0.4 is 5.32 Å². The smallest absolute Gasteiger partial charge is 0.322 e. The zero-order valence-corrected chi connectivity index (χ0v) is 14.4. The van der Waals surface area contributed by atoms with Crippen LogP contribution in [0.5, 0.6) is 0 Å². The van der Waals surface area contributed by atoms with Crippen molar-refractivity contribution in [1.29, 1.82) is 0 Å². The van der Waals surface area contributed by atoms with Gasteiger partial charge in [0.25, 0.3) is 5.91 Å². The van der Waals surface area contributed by atoms with Gasteiger partial charge >= 0.3 is 5.69 Å². The number of aromatic nitrogens is 2. The Morgan fingerprint density at radius 2 is 2.12 bits per heavy atom. The van der Waals surface area contributed by atoms with E-state index in [9.17, 15) is 14.9 Å². The van der Waals surface area contributed by atoms with Crippen LogP contribution in [-0.2, 0) is 11.2 Å². The molecule has 9 nitrogen and oxygen atoms in total. The van der Waals surface area contributed by atoms with Crippen LogP contribution in [0, 0.1) is 10.1 Å². The molecule has 0 saturated carbocycles. The van der Waals surface area contributed by atoms with Crippen LogP contribution in [0.15, 0.2) is 0 Å². The monoisotopic (exact) mass is 339 g/mol. The van der Waals surface area contributed by atoms with Crippen molar-refractivity contribution < 1.29 is 14.5 Å². The zero-order valence-electron chi connectivity index (χ0n) is 14.4. The average Bonchev–Trinajstić information content (AvgIpc) is 2.90. The minimum absolute atomic E-state index is 0.146. The number of hydrogen-bond donors (Lipinski definition) is 2. The topological polar surface area (TPSA) is 113 Å². The number of carbonyl (C=O) groups is 1. The molecular formula is C15H25N5O4. The molecule has 1 amide bonds. The summed E-state index contributed by atoms with van der Waals surface area (Å²) < 4.78 is 5.66. The number of H-pyrrole nitrogens is 1. The van der Waals surface area contributed by atoms with E-state index < -0.39 is 10.8 Å². The quantitative estimate of drug-likeness (QED) is 0.568. The largest absolute Gasteiger partial charge is 0.373 e. The number of rotatable bonds is 7. The van der Waals surface area contributed by atoms with Crippen LogP contribution in [0.4, 0.5) is 5.69 Å². The summed E-state index contributed by atoms with van der Waals surface area (Å²) >= 11 is 0. The number of nitro groups is 1. The molecule has 0 aromatic carbocycles. The summed E-state index contributed by atoms with van der Waals surface area (Å²) in [6.45, 7) is 8.64. The third-order valence-corrected chi connectivity index (χ3v) is 3.92. The van der Waals surface area contributed by atoms with Gasteiger partial charge in [-0.2, -0.15) is 5.10 Å². The molecule has 134 valence electrons.